The second-order valence-electron chi connectivity index (χ2n) is 5.96. The van der Waals surface area contributed by atoms with Crippen LogP contribution in [0.15, 0.2) is 0 Å². The summed E-state index contributed by atoms with van der Waals surface area (Å²) in [6, 6.07) is 1.14. The molecule has 1 aromatic heterocycles. The van der Waals surface area contributed by atoms with Gasteiger partial charge < -0.3 is 10.2 Å². The van der Waals surface area contributed by atoms with E-state index >= 15 is 0 Å². The molecule has 4 nitrogen and oxygen atoms in total. The average Bonchev–Trinajstić information content (AvgIpc) is 2.77. The summed E-state index contributed by atoms with van der Waals surface area (Å²) in [6.07, 6.45) is 0. The van der Waals surface area contributed by atoms with Crippen molar-refractivity contribution in [2.24, 2.45) is 0 Å². The molecule has 0 radical (unpaired) electrons. The summed E-state index contributed by atoms with van der Waals surface area (Å²) in [5.74, 6) is 0. The van der Waals surface area contributed by atoms with Crippen molar-refractivity contribution in [1.82, 2.24) is 15.2 Å². The molecular formula is C15H28N4S. The lowest BCUT2D eigenvalue weighted by Crippen LogP contribution is -2.51. The second-order valence-corrected chi connectivity index (χ2v) is 7.03. The minimum atomic E-state index is 0.521. The summed E-state index contributed by atoms with van der Waals surface area (Å²) >= 11 is 1.85. The lowest BCUT2D eigenvalue weighted by Gasteiger charge is -2.39. The van der Waals surface area contributed by atoms with Crippen LogP contribution in [0.2, 0.25) is 0 Å². The topological polar surface area (TPSA) is 31.4 Å². The Bertz CT molecular complexity index is 430. The monoisotopic (exact) mass is 296 g/mol. The van der Waals surface area contributed by atoms with Gasteiger partial charge in [-0.2, -0.15) is 0 Å². The third kappa shape index (κ3) is 3.71. The number of nitrogens with one attached hydrogen (secondary N) is 1. The number of hydrogen-bond donors (Lipinski definition) is 1. The summed E-state index contributed by atoms with van der Waals surface area (Å²) in [4.78, 5) is 11.1. The minimum absolute atomic E-state index is 0.521. The van der Waals surface area contributed by atoms with E-state index in [1.807, 2.05) is 11.3 Å². The van der Waals surface area contributed by atoms with Crippen molar-refractivity contribution in [2.45, 2.75) is 53.2 Å². The molecule has 0 saturated carbocycles. The Morgan fingerprint density at radius 3 is 2.75 bits per heavy atom. The molecule has 1 fully saturated rings. The number of nitrogens with zero attached hydrogens (tertiary/aromatic N) is 3. The fraction of sp³-hybridized carbons (Fsp3) is 0.800. The van der Waals surface area contributed by atoms with Crippen LogP contribution in [0.25, 0.3) is 0 Å². The highest BCUT2D eigenvalue weighted by Crippen LogP contribution is 2.27. The van der Waals surface area contributed by atoms with Gasteiger partial charge in [0.2, 0.25) is 0 Å². The van der Waals surface area contributed by atoms with E-state index in [0.29, 0.717) is 12.1 Å². The molecule has 20 heavy (non-hydrogen) atoms. The summed E-state index contributed by atoms with van der Waals surface area (Å²) in [5, 5.41) is 4.69. The van der Waals surface area contributed by atoms with Crippen LogP contribution in [0, 0.1) is 6.92 Å². The van der Waals surface area contributed by atoms with Crippen molar-refractivity contribution in [1.29, 1.82) is 0 Å². The molecule has 1 N–H and O–H groups in total. The highest BCUT2D eigenvalue weighted by Gasteiger charge is 2.24. The van der Waals surface area contributed by atoms with Crippen LogP contribution in [-0.4, -0.2) is 48.1 Å². The fourth-order valence-corrected chi connectivity index (χ4v) is 3.69. The molecule has 2 rings (SSSR count). The van der Waals surface area contributed by atoms with Crippen molar-refractivity contribution in [3.63, 3.8) is 0 Å². The van der Waals surface area contributed by atoms with Gasteiger partial charge in [-0.25, -0.2) is 4.98 Å². The van der Waals surface area contributed by atoms with E-state index in [1.165, 1.54) is 15.7 Å². The molecule has 1 aliphatic rings. The molecule has 1 aliphatic heterocycles. The van der Waals surface area contributed by atoms with E-state index in [9.17, 15) is 0 Å². The standard InChI is InChI=1S/C15H28N4S/c1-6-18-7-8-19(10-12(18)4)15-17-13(5)14(20-15)9-16-11(2)3/h11-12,16H,6-10H2,1-5H3. The molecule has 1 aromatic rings. The van der Waals surface area contributed by atoms with Gasteiger partial charge in [0.05, 0.1) is 5.69 Å². The molecule has 0 aliphatic carbocycles. The van der Waals surface area contributed by atoms with E-state index in [-0.39, 0.29) is 0 Å². The molecule has 0 aromatic carbocycles. The highest BCUT2D eigenvalue weighted by molar-refractivity contribution is 7.15. The first kappa shape index (κ1) is 15.7. The van der Waals surface area contributed by atoms with E-state index in [1.54, 1.807) is 0 Å². The summed E-state index contributed by atoms with van der Waals surface area (Å²) in [5.41, 5.74) is 1.18. The van der Waals surface area contributed by atoms with Crippen LogP contribution in [0.5, 0.6) is 0 Å². The summed E-state index contributed by atoms with van der Waals surface area (Å²) < 4.78 is 0. The molecule has 0 bridgehead atoms. The molecule has 0 spiro atoms. The lowest BCUT2D eigenvalue weighted by molar-refractivity contribution is 0.199. The third-order valence-electron chi connectivity index (χ3n) is 3.99. The zero-order valence-electron chi connectivity index (χ0n) is 13.4. The van der Waals surface area contributed by atoms with E-state index < -0.39 is 0 Å². The average molecular weight is 296 g/mol. The highest BCUT2D eigenvalue weighted by atomic mass is 32.1. The number of likely N-dealkylation sites (N-methyl/N-ethyl adjacent to an activating group) is 1. The molecular weight excluding hydrogens is 268 g/mol. The van der Waals surface area contributed by atoms with Gasteiger partial charge in [-0.05, 0) is 20.4 Å². The van der Waals surface area contributed by atoms with Crippen LogP contribution >= 0.6 is 11.3 Å². The predicted octanol–water partition coefficient (Wildman–Crippen LogP) is 2.48. The Morgan fingerprint density at radius 1 is 1.40 bits per heavy atom. The largest absolute Gasteiger partial charge is 0.345 e. The summed E-state index contributed by atoms with van der Waals surface area (Å²) in [6.45, 7) is 16.5. The molecule has 2 heterocycles. The van der Waals surface area contributed by atoms with Gasteiger partial charge in [0.25, 0.3) is 0 Å². The number of anilines is 1. The molecule has 1 saturated heterocycles. The SMILES string of the molecule is CCN1CCN(c2nc(C)c(CNC(C)C)s2)CC1C. The van der Waals surface area contributed by atoms with Crippen LogP contribution in [0.1, 0.15) is 38.3 Å². The van der Waals surface area contributed by atoms with Gasteiger partial charge in [-0.15, -0.1) is 11.3 Å². The van der Waals surface area contributed by atoms with Gasteiger partial charge in [-0.1, -0.05) is 20.8 Å². The van der Waals surface area contributed by atoms with Crippen molar-refractivity contribution in [3.8, 4) is 0 Å². The van der Waals surface area contributed by atoms with Crippen LogP contribution < -0.4 is 10.2 Å². The molecule has 1 atom stereocenters. The maximum absolute atomic E-state index is 4.78. The quantitative estimate of drug-likeness (QED) is 0.904. The van der Waals surface area contributed by atoms with E-state index in [4.69, 9.17) is 4.98 Å². The van der Waals surface area contributed by atoms with E-state index in [2.05, 4.69) is 49.7 Å². The van der Waals surface area contributed by atoms with Gasteiger partial charge >= 0.3 is 0 Å². The smallest absolute Gasteiger partial charge is 0.185 e. The number of thiazole rings is 1. The summed E-state index contributed by atoms with van der Waals surface area (Å²) in [7, 11) is 0. The number of aromatic nitrogens is 1. The molecule has 114 valence electrons. The first-order valence-corrected chi connectivity index (χ1v) is 8.51. The van der Waals surface area contributed by atoms with Crippen molar-refractivity contribution in [3.05, 3.63) is 10.6 Å². The van der Waals surface area contributed by atoms with E-state index in [0.717, 1.165) is 32.7 Å². The van der Waals surface area contributed by atoms with Crippen LogP contribution in [0.3, 0.4) is 0 Å². The van der Waals surface area contributed by atoms with Gasteiger partial charge in [-0.3, -0.25) is 4.90 Å². The number of piperazine rings is 1. The number of hydrogen-bond acceptors (Lipinski definition) is 5. The van der Waals surface area contributed by atoms with Crippen LogP contribution in [-0.2, 0) is 6.54 Å². The lowest BCUT2D eigenvalue weighted by atomic mass is 10.2. The minimum Gasteiger partial charge on any atom is -0.345 e. The Labute approximate surface area is 127 Å². The van der Waals surface area contributed by atoms with Crippen LogP contribution in [0.4, 0.5) is 5.13 Å². The van der Waals surface area contributed by atoms with Gasteiger partial charge in [0, 0.05) is 43.1 Å². The zero-order valence-corrected chi connectivity index (χ0v) is 14.3. The molecule has 0 amide bonds. The van der Waals surface area contributed by atoms with Crippen molar-refractivity contribution in [2.75, 3.05) is 31.1 Å². The first-order valence-electron chi connectivity index (χ1n) is 7.70. The zero-order chi connectivity index (χ0) is 14.7. The maximum Gasteiger partial charge on any atom is 0.185 e. The first-order chi connectivity index (χ1) is 9.51. The molecule has 5 heteroatoms. The normalized spacial score (nSPS) is 20.9. The fourth-order valence-electron chi connectivity index (χ4n) is 2.65. The third-order valence-corrected chi connectivity index (χ3v) is 5.21. The van der Waals surface area contributed by atoms with Crippen molar-refractivity contribution < 1.29 is 0 Å². The van der Waals surface area contributed by atoms with Gasteiger partial charge in [0.1, 0.15) is 0 Å². The number of aryl methyl sites for hydroxylation is 1. The Kier molecular flexibility index (Phi) is 5.41. The second kappa shape index (κ2) is 6.87. The predicted molar refractivity (Wildman–Crippen MR) is 87.7 cm³/mol. The Hall–Kier alpha value is -0.650. The van der Waals surface area contributed by atoms with Gasteiger partial charge in [0.15, 0.2) is 5.13 Å². The van der Waals surface area contributed by atoms with Crippen molar-refractivity contribution >= 4 is 16.5 Å². The Balaban J connectivity index is 2.01. The number of rotatable bonds is 5. The molecule has 1 unspecified atom stereocenters. The Morgan fingerprint density at radius 2 is 2.15 bits per heavy atom. The maximum atomic E-state index is 4.78.